The highest BCUT2D eigenvalue weighted by molar-refractivity contribution is 9.10. The van der Waals surface area contributed by atoms with Crippen molar-refractivity contribution in [1.82, 2.24) is 4.98 Å². The monoisotopic (exact) mass is 305 g/mol. The van der Waals surface area contributed by atoms with Crippen LogP contribution in [0.1, 0.15) is 11.7 Å². The third kappa shape index (κ3) is 3.05. The van der Waals surface area contributed by atoms with Crippen LogP contribution in [0.4, 0.5) is 10.1 Å². The molecular weight excluding hydrogens is 297 g/mol. The lowest BCUT2D eigenvalue weighted by Gasteiger charge is -2.12. The molecule has 0 aliphatic rings. The van der Waals surface area contributed by atoms with E-state index in [9.17, 15) is 4.39 Å². The van der Waals surface area contributed by atoms with Gasteiger partial charge >= 0.3 is 0 Å². The number of halogens is 2. The molecule has 0 aliphatic carbocycles. The average molecular weight is 306 g/mol. The number of anilines is 1. The van der Waals surface area contributed by atoms with Crippen LogP contribution in [0.15, 0.2) is 47.1 Å². The number of nitrogens with one attached hydrogen (secondary N) is 1. The number of pyridine rings is 1. The van der Waals surface area contributed by atoms with Gasteiger partial charge in [-0.2, -0.15) is 5.26 Å². The molecule has 0 saturated heterocycles. The lowest BCUT2D eigenvalue weighted by Crippen LogP contribution is -2.10. The third-order valence-corrected chi connectivity index (χ3v) is 2.78. The summed E-state index contributed by atoms with van der Waals surface area (Å²) in [6, 6.07) is 11.0. The molecule has 1 N–H and O–H groups in total. The van der Waals surface area contributed by atoms with E-state index in [-0.39, 0.29) is 5.82 Å². The van der Waals surface area contributed by atoms with Crippen LogP contribution in [0.3, 0.4) is 0 Å². The minimum atomic E-state index is -0.611. The number of hydrogen-bond donors (Lipinski definition) is 1. The number of nitriles is 1. The van der Waals surface area contributed by atoms with Gasteiger partial charge in [-0.1, -0.05) is 6.07 Å². The first-order valence-electron chi connectivity index (χ1n) is 5.22. The fourth-order valence-electron chi connectivity index (χ4n) is 1.48. The first-order chi connectivity index (χ1) is 8.69. The van der Waals surface area contributed by atoms with E-state index in [1.165, 1.54) is 12.1 Å². The summed E-state index contributed by atoms with van der Waals surface area (Å²) in [6.07, 6.45) is 1.62. The molecule has 5 heteroatoms. The van der Waals surface area contributed by atoms with Crippen LogP contribution in [-0.4, -0.2) is 4.98 Å². The Morgan fingerprint density at radius 2 is 2.17 bits per heavy atom. The number of benzene rings is 1. The normalized spacial score (nSPS) is 11.6. The minimum Gasteiger partial charge on any atom is -0.365 e. The standard InChI is InChI=1S/C13H9BrFN3/c14-9-4-5-12(17-8-9)13(7-16)18-11-3-1-2-10(15)6-11/h1-6,8,13,18H. The Balaban J connectivity index is 2.20. The summed E-state index contributed by atoms with van der Waals surface area (Å²) in [7, 11) is 0. The highest BCUT2D eigenvalue weighted by Crippen LogP contribution is 2.19. The topological polar surface area (TPSA) is 48.7 Å². The predicted molar refractivity (Wildman–Crippen MR) is 70.3 cm³/mol. The lowest BCUT2D eigenvalue weighted by atomic mass is 10.2. The van der Waals surface area contributed by atoms with Crippen molar-refractivity contribution in [2.45, 2.75) is 6.04 Å². The summed E-state index contributed by atoms with van der Waals surface area (Å²) in [5.41, 5.74) is 1.14. The van der Waals surface area contributed by atoms with Gasteiger partial charge in [0.1, 0.15) is 5.82 Å². The molecule has 0 fully saturated rings. The lowest BCUT2D eigenvalue weighted by molar-refractivity contribution is 0.628. The molecule has 1 unspecified atom stereocenters. The van der Waals surface area contributed by atoms with Gasteiger partial charge in [0, 0.05) is 16.4 Å². The van der Waals surface area contributed by atoms with E-state index in [4.69, 9.17) is 5.26 Å². The Hall–Kier alpha value is -1.93. The molecule has 18 heavy (non-hydrogen) atoms. The minimum absolute atomic E-state index is 0.347. The van der Waals surface area contributed by atoms with Crippen LogP contribution < -0.4 is 5.32 Å². The molecule has 0 amide bonds. The highest BCUT2D eigenvalue weighted by Gasteiger charge is 2.11. The summed E-state index contributed by atoms with van der Waals surface area (Å²) >= 11 is 3.28. The molecule has 0 radical (unpaired) electrons. The molecule has 2 rings (SSSR count). The van der Waals surface area contributed by atoms with Gasteiger partial charge in [-0.15, -0.1) is 0 Å². The quantitative estimate of drug-likeness (QED) is 0.941. The molecular formula is C13H9BrFN3. The zero-order valence-electron chi connectivity index (χ0n) is 9.27. The van der Waals surface area contributed by atoms with Gasteiger partial charge in [0.2, 0.25) is 0 Å². The average Bonchev–Trinajstić information content (AvgIpc) is 2.37. The molecule has 1 aromatic carbocycles. The summed E-state index contributed by atoms with van der Waals surface area (Å²) in [5.74, 6) is -0.347. The second-order valence-corrected chi connectivity index (χ2v) is 4.53. The van der Waals surface area contributed by atoms with Crippen LogP contribution in [0.5, 0.6) is 0 Å². The summed E-state index contributed by atoms with van der Waals surface area (Å²) in [6.45, 7) is 0. The van der Waals surface area contributed by atoms with Crippen molar-refractivity contribution in [1.29, 1.82) is 5.26 Å². The fraction of sp³-hybridized carbons (Fsp3) is 0.0769. The van der Waals surface area contributed by atoms with Gasteiger partial charge < -0.3 is 5.32 Å². The van der Waals surface area contributed by atoms with Crippen molar-refractivity contribution < 1.29 is 4.39 Å². The molecule has 3 nitrogen and oxygen atoms in total. The zero-order chi connectivity index (χ0) is 13.0. The van der Waals surface area contributed by atoms with E-state index in [0.717, 1.165) is 4.47 Å². The Bertz CT molecular complexity index is 578. The van der Waals surface area contributed by atoms with E-state index in [1.54, 1.807) is 30.5 Å². The van der Waals surface area contributed by atoms with Crippen LogP contribution in [0.25, 0.3) is 0 Å². The Kier molecular flexibility index (Phi) is 3.90. The molecule has 0 spiro atoms. The van der Waals surface area contributed by atoms with Crippen molar-refractivity contribution in [3.8, 4) is 6.07 Å². The third-order valence-electron chi connectivity index (χ3n) is 2.31. The number of hydrogen-bond acceptors (Lipinski definition) is 3. The van der Waals surface area contributed by atoms with Gasteiger partial charge in [0.25, 0.3) is 0 Å². The molecule has 0 saturated carbocycles. The Labute approximate surface area is 112 Å². The number of nitrogens with zero attached hydrogens (tertiary/aromatic N) is 2. The van der Waals surface area contributed by atoms with Gasteiger partial charge in [-0.25, -0.2) is 4.39 Å². The first-order valence-corrected chi connectivity index (χ1v) is 6.01. The number of aromatic nitrogens is 1. The maximum atomic E-state index is 13.0. The second-order valence-electron chi connectivity index (χ2n) is 3.62. The van der Waals surface area contributed by atoms with Crippen molar-refractivity contribution in [3.05, 3.63) is 58.6 Å². The summed E-state index contributed by atoms with van der Waals surface area (Å²) in [4.78, 5) is 4.14. The highest BCUT2D eigenvalue weighted by atomic mass is 79.9. The van der Waals surface area contributed by atoms with Crippen LogP contribution in [0.2, 0.25) is 0 Å². The van der Waals surface area contributed by atoms with Gasteiger partial charge in [0.05, 0.1) is 11.8 Å². The van der Waals surface area contributed by atoms with Crippen molar-refractivity contribution >= 4 is 21.6 Å². The number of rotatable bonds is 3. The van der Waals surface area contributed by atoms with E-state index < -0.39 is 6.04 Å². The van der Waals surface area contributed by atoms with Crippen molar-refractivity contribution in [2.24, 2.45) is 0 Å². The van der Waals surface area contributed by atoms with Crippen LogP contribution >= 0.6 is 15.9 Å². The van der Waals surface area contributed by atoms with Gasteiger partial charge in [0.15, 0.2) is 6.04 Å². The van der Waals surface area contributed by atoms with Crippen LogP contribution in [-0.2, 0) is 0 Å². The van der Waals surface area contributed by atoms with Crippen LogP contribution in [0, 0.1) is 17.1 Å². The largest absolute Gasteiger partial charge is 0.365 e. The van der Waals surface area contributed by atoms with E-state index in [0.29, 0.717) is 11.4 Å². The Morgan fingerprint density at radius 1 is 1.33 bits per heavy atom. The fourth-order valence-corrected chi connectivity index (χ4v) is 1.71. The van der Waals surface area contributed by atoms with E-state index in [2.05, 4.69) is 32.3 Å². The zero-order valence-corrected chi connectivity index (χ0v) is 10.9. The van der Waals surface area contributed by atoms with Gasteiger partial charge in [-0.3, -0.25) is 4.98 Å². The molecule has 1 atom stereocenters. The van der Waals surface area contributed by atoms with E-state index in [1.807, 2.05) is 0 Å². The molecule has 90 valence electrons. The summed E-state index contributed by atoms with van der Waals surface area (Å²) < 4.78 is 13.9. The SMILES string of the molecule is N#CC(Nc1cccc(F)c1)c1ccc(Br)cn1. The molecule has 1 heterocycles. The molecule has 0 aliphatic heterocycles. The molecule has 1 aromatic heterocycles. The first kappa shape index (κ1) is 12.5. The van der Waals surface area contributed by atoms with Crippen molar-refractivity contribution in [2.75, 3.05) is 5.32 Å². The molecule has 0 bridgehead atoms. The summed E-state index contributed by atoms with van der Waals surface area (Å²) in [5, 5.41) is 12.0. The Morgan fingerprint density at radius 3 is 2.78 bits per heavy atom. The van der Waals surface area contributed by atoms with E-state index >= 15 is 0 Å². The molecule has 2 aromatic rings. The smallest absolute Gasteiger partial charge is 0.157 e. The predicted octanol–water partition coefficient (Wildman–Crippen LogP) is 3.66. The van der Waals surface area contributed by atoms with Gasteiger partial charge in [-0.05, 0) is 46.3 Å². The maximum absolute atomic E-state index is 13.0. The van der Waals surface area contributed by atoms with Crippen molar-refractivity contribution in [3.63, 3.8) is 0 Å². The maximum Gasteiger partial charge on any atom is 0.157 e. The second kappa shape index (κ2) is 5.61.